The summed E-state index contributed by atoms with van der Waals surface area (Å²) in [6.07, 6.45) is -4.64. The maximum atomic E-state index is 11.7. The molecule has 0 fully saturated rings. The molecule has 100 valence electrons. The molecule has 0 rings (SSSR count). The van der Waals surface area contributed by atoms with Gasteiger partial charge in [-0.25, -0.2) is 4.79 Å². The van der Waals surface area contributed by atoms with Gasteiger partial charge < -0.3 is 20.8 Å². The SMILES string of the molecule is O=C(CNCC(F)(F)F)N[C@@H](CCO)C(=O)O. The number of carboxylic acids is 1. The van der Waals surface area contributed by atoms with Crippen LogP contribution >= 0.6 is 0 Å². The molecule has 0 bridgehead atoms. The van der Waals surface area contributed by atoms with Crippen LogP contribution in [0, 0.1) is 0 Å². The van der Waals surface area contributed by atoms with Crippen molar-refractivity contribution in [1.29, 1.82) is 0 Å². The number of halogens is 3. The predicted octanol–water partition coefficient (Wildman–Crippen LogP) is -0.910. The van der Waals surface area contributed by atoms with Crippen LogP contribution in [0.2, 0.25) is 0 Å². The van der Waals surface area contributed by atoms with Crippen molar-refractivity contribution in [3.05, 3.63) is 0 Å². The lowest BCUT2D eigenvalue weighted by Crippen LogP contribution is -2.46. The quantitative estimate of drug-likeness (QED) is 0.474. The van der Waals surface area contributed by atoms with Crippen LogP contribution in [-0.2, 0) is 9.59 Å². The molecule has 17 heavy (non-hydrogen) atoms. The molecule has 1 atom stereocenters. The molecule has 1 amide bonds. The number of carbonyl (C=O) groups excluding carboxylic acids is 1. The number of aliphatic hydroxyl groups is 1. The third-order valence-electron chi connectivity index (χ3n) is 1.66. The number of carboxylic acid groups (broad SMARTS) is 1. The average molecular weight is 258 g/mol. The number of hydrogen-bond donors (Lipinski definition) is 4. The first kappa shape index (κ1) is 15.7. The molecule has 0 aliphatic heterocycles. The van der Waals surface area contributed by atoms with Crippen LogP contribution in [0.15, 0.2) is 0 Å². The van der Waals surface area contributed by atoms with E-state index in [4.69, 9.17) is 10.2 Å². The second kappa shape index (κ2) is 7.07. The third-order valence-corrected chi connectivity index (χ3v) is 1.66. The Hall–Kier alpha value is -1.35. The fourth-order valence-corrected chi connectivity index (χ4v) is 0.950. The highest BCUT2D eigenvalue weighted by Gasteiger charge is 2.27. The molecule has 4 N–H and O–H groups in total. The Morgan fingerprint density at radius 3 is 2.29 bits per heavy atom. The minimum absolute atomic E-state index is 0.208. The van der Waals surface area contributed by atoms with E-state index in [-0.39, 0.29) is 6.42 Å². The van der Waals surface area contributed by atoms with E-state index in [1.54, 1.807) is 0 Å². The third kappa shape index (κ3) is 8.46. The summed E-state index contributed by atoms with van der Waals surface area (Å²) in [4.78, 5) is 21.6. The van der Waals surface area contributed by atoms with Crippen LogP contribution in [0.5, 0.6) is 0 Å². The monoisotopic (exact) mass is 258 g/mol. The van der Waals surface area contributed by atoms with Crippen LogP contribution in [0.1, 0.15) is 6.42 Å². The van der Waals surface area contributed by atoms with Crippen molar-refractivity contribution < 1.29 is 33.0 Å². The van der Waals surface area contributed by atoms with E-state index in [0.29, 0.717) is 0 Å². The van der Waals surface area contributed by atoms with Crippen molar-refractivity contribution in [2.45, 2.75) is 18.6 Å². The number of alkyl halides is 3. The summed E-state index contributed by atoms with van der Waals surface area (Å²) in [6, 6.07) is -1.31. The van der Waals surface area contributed by atoms with Gasteiger partial charge in [-0.05, 0) is 0 Å². The molecule has 0 aliphatic carbocycles. The molecule has 0 aromatic heterocycles. The van der Waals surface area contributed by atoms with Gasteiger partial charge in [0.05, 0.1) is 13.1 Å². The van der Waals surface area contributed by atoms with Gasteiger partial charge in [0.1, 0.15) is 6.04 Å². The minimum Gasteiger partial charge on any atom is -0.480 e. The molecule has 0 unspecified atom stereocenters. The zero-order valence-corrected chi connectivity index (χ0v) is 8.75. The molecule has 0 aromatic rings. The number of aliphatic carboxylic acids is 1. The van der Waals surface area contributed by atoms with Crippen molar-refractivity contribution in [2.75, 3.05) is 19.7 Å². The standard InChI is InChI=1S/C8H13F3N2O4/c9-8(10,11)4-12-3-6(15)13-5(1-2-14)7(16)17/h5,12,14H,1-4H2,(H,13,15)(H,16,17)/t5-/m0/s1. The Balaban J connectivity index is 3.95. The molecular formula is C8H13F3N2O4. The number of aliphatic hydroxyl groups excluding tert-OH is 1. The summed E-state index contributed by atoms with van der Waals surface area (Å²) in [5.74, 6) is -2.24. The molecule has 0 saturated heterocycles. The fraction of sp³-hybridized carbons (Fsp3) is 0.750. The van der Waals surface area contributed by atoms with Crippen LogP contribution in [0.25, 0.3) is 0 Å². The first-order chi connectivity index (χ1) is 7.76. The molecular weight excluding hydrogens is 245 g/mol. The zero-order chi connectivity index (χ0) is 13.5. The molecule has 0 spiro atoms. The first-order valence-corrected chi connectivity index (χ1v) is 4.66. The van der Waals surface area contributed by atoms with Crippen LogP contribution < -0.4 is 10.6 Å². The Morgan fingerprint density at radius 1 is 1.29 bits per heavy atom. The summed E-state index contributed by atoms with van der Waals surface area (Å²) in [7, 11) is 0. The Kier molecular flexibility index (Phi) is 6.51. The number of nitrogens with one attached hydrogen (secondary N) is 2. The van der Waals surface area contributed by atoms with Gasteiger partial charge in [0.2, 0.25) is 5.91 Å². The highest BCUT2D eigenvalue weighted by molar-refractivity contribution is 5.84. The van der Waals surface area contributed by atoms with E-state index in [9.17, 15) is 22.8 Å². The lowest BCUT2D eigenvalue weighted by Gasteiger charge is -2.13. The van der Waals surface area contributed by atoms with E-state index in [1.807, 2.05) is 10.6 Å². The Bertz CT molecular complexity index is 270. The Morgan fingerprint density at radius 2 is 1.88 bits per heavy atom. The molecule has 9 heteroatoms. The van der Waals surface area contributed by atoms with E-state index < -0.39 is 43.8 Å². The summed E-state index contributed by atoms with van der Waals surface area (Å²) < 4.78 is 35.1. The molecule has 0 aromatic carbocycles. The smallest absolute Gasteiger partial charge is 0.401 e. The topological polar surface area (TPSA) is 98.7 Å². The van der Waals surface area contributed by atoms with Crippen molar-refractivity contribution in [3.63, 3.8) is 0 Å². The summed E-state index contributed by atoms with van der Waals surface area (Å²) in [6.45, 7) is -2.43. The Labute approximate surface area is 94.8 Å². The van der Waals surface area contributed by atoms with Gasteiger partial charge in [-0.1, -0.05) is 0 Å². The lowest BCUT2D eigenvalue weighted by atomic mass is 10.2. The largest absolute Gasteiger partial charge is 0.480 e. The van der Waals surface area contributed by atoms with Gasteiger partial charge in [-0.15, -0.1) is 0 Å². The van der Waals surface area contributed by atoms with Gasteiger partial charge in [-0.2, -0.15) is 13.2 Å². The van der Waals surface area contributed by atoms with Crippen molar-refractivity contribution >= 4 is 11.9 Å². The minimum atomic E-state index is -4.43. The molecule has 0 aliphatic rings. The number of hydrogen-bond acceptors (Lipinski definition) is 4. The highest BCUT2D eigenvalue weighted by Crippen LogP contribution is 2.11. The maximum Gasteiger partial charge on any atom is 0.401 e. The van der Waals surface area contributed by atoms with Crippen LogP contribution in [0.3, 0.4) is 0 Å². The van der Waals surface area contributed by atoms with Crippen molar-refractivity contribution in [2.24, 2.45) is 0 Å². The second-order valence-corrected chi connectivity index (χ2v) is 3.19. The molecule has 0 radical (unpaired) electrons. The van der Waals surface area contributed by atoms with Gasteiger partial charge >= 0.3 is 12.1 Å². The van der Waals surface area contributed by atoms with Gasteiger partial charge in [0.25, 0.3) is 0 Å². The number of carbonyl (C=O) groups is 2. The van der Waals surface area contributed by atoms with Crippen LogP contribution in [0.4, 0.5) is 13.2 Å². The molecule has 6 nitrogen and oxygen atoms in total. The van der Waals surface area contributed by atoms with E-state index in [1.165, 1.54) is 0 Å². The summed E-state index contributed by atoms with van der Waals surface area (Å²) >= 11 is 0. The van der Waals surface area contributed by atoms with E-state index in [0.717, 1.165) is 0 Å². The number of amides is 1. The molecule has 0 saturated carbocycles. The highest BCUT2D eigenvalue weighted by atomic mass is 19.4. The summed E-state index contributed by atoms with van der Waals surface area (Å²) in [5, 5.41) is 20.9. The summed E-state index contributed by atoms with van der Waals surface area (Å²) in [5.41, 5.74) is 0. The van der Waals surface area contributed by atoms with Gasteiger partial charge in [-0.3, -0.25) is 4.79 Å². The first-order valence-electron chi connectivity index (χ1n) is 4.66. The number of rotatable bonds is 7. The lowest BCUT2D eigenvalue weighted by molar-refractivity contribution is -0.142. The predicted molar refractivity (Wildman–Crippen MR) is 50.2 cm³/mol. The average Bonchev–Trinajstić information content (AvgIpc) is 2.14. The van der Waals surface area contributed by atoms with E-state index >= 15 is 0 Å². The van der Waals surface area contributed by atoms with Crippen molar-refractivity contribution in [1.82, 2.24) is 10.6 Å². The van der Waals surface area contributed by atoms with E-state index in [2.05, 4.69) is 0 Å². The maximum absolute atomic E-state index is 11.7. The van der Waals surface area contributed by atoms with Crippen molar-refractivity contribution in [3.8, 4) is 0 Å². The normalized spacial score (nSPS) is 13.2. The second-order valence-electron chi connectivity index (χ2n) is 3.19. The molecule has 0 heterocycles. The van der Waals surface area contributed by atoms with Crippen LogP contribution in [-0.4, -0.2) is 54.0 Å². The van der Waals surface area contributed by atoms with Gasteiger partial charge in [0, 0.05) is 13.0 Å². The van der Waals surface area contributed by atoms with Gasteiger partial charge in [0.15, 0.2) is 0 Å². The zero-order valence-electron chi connectivity index (χ0n) is 8.75. The fourth-order valence-electron chi connectivity index (χ4n) is 0.950.